The molecule has 0 saturated heterocycles. The van der Waals surface area contributed by atoms with Gasteiger partial charge in [0.2, 0.25) is 0 Å². The van der Waals surface area contributed by atoms with Crippen LogP contribution in [-0.2, 0) is 4.79 Å². The lowest BCUT2D eigenvalue weighted by Gasteiger charge is -2.08. The highest BCUT2D eigenvalue weighted by Crippen LogP contribution is 2.24. The Hall–Kier alpha value is -2.15. The topological polar surface area (TPSA) is 87.1 Å². The van der Waals surface area contributed by atoms with Crippen molar-refractivity contribution in [3.8, 4) is 0 Å². The van der Waals surface area contributed by atoms with Crippen LogP contribution in [0.5, 0.6) is 0 Å². The molecule has 0 bridgehead atoms. The van der Waals surface area contributed by atoms with Crippen molar-refractivity contribution in [2.75, 3.05) is 17.2 Å². The number of carbonyl (C=O) groups is 1. The van der Waals surface area contributed by atoms with E-state index in [0.29, 0.717) is 11.6 Å². The van der Waals surface area contributed by atoms with Crippen molar-refractivity contribution in [1.82, 2.24) is 9.97 Å². The van der Waals surface area contributed by atoms with Crippen LogP contribution in [-0.4, -0.2) is 27.6 Å². The van der Waals surface area contributed by atoms with Crippen molar-refractivity contribution in [2.45, 2.75) is 0 Å². The Morgan fingerprint density at radius 1 is 1.21 bits per heavy atom. The average molecular weight is 323 g/mol. The lowest BCUT2D eigenvalue weighted by atomic mass is 10.3. The fourth-order valence-electron chi connectivity index (χ4n) is 1.35. The molecule has 2 aromatic rings. The third-order valence-corrected chi connectivity index (χ3v) is 2.90. The van der Waals surface area contributed by atoms with E-state index in [-0.39, 0.29) is 6.54 Å². The molecule has 1 aromatic carbocycles. The van der Waals surface area contributed by atoms with Crippen molar-refractivity contribution < 1.29 is 9.90 Å². The molecule has 2 rings (SSSR count). The standard InChI is InChI=1S/C12H11BrN4O2/c13-8-3-1-2-4-9(8)17-11-6-14-10(5-15-11)16-7-12(18)19/h1-6H,7H2,(H,14,16)(H,15,17)(H,18,19). The zero-order valence-electron chi connectivity index (χ0n) is 9.80. The number of anilines is 3. The highest BCUT2D eigenvalue weighted by molar-refractivity contribution is 9.10. The summed E-state index contributed by atoms with van der Waals surface area (Å²) in [6.45, 7) is -0.189. The first-order valence-corrected chi connectivity index (χ1v) is 6.24. The summed E-state index contributed by atoms with van der Waals surface area (Å²) in [7, 11) is 0. The molecule has 7 heteroatoms. The Kier molecular flexibility index (Phi) is 4.30. The molecule has 0 spiro atoms. The Balaban J connectivity index is 2.03. The van der Waals surface area contributed by atoms with Crippen LogP contribution >= 0.6 is 15.9 Å². The van der Waals surface area contributed by atoms with E-state index in [9.17, 15) is 4.79 Å². The monoisotopic (exact) mass is 322 g/mol. The van der Waals surface area contributed by atoms with Crippen LogP contribution in [0, 0.1) is 0 Å². The van der Waals surface area contributed by atoms with E-state index in [1.807, 2.05) is 24.3 Å². The quantitative estimate of drug-likeness (QED) is 0.784. The first kappa shape index (κ1) is 13.3. The van der Waals surface area contributed by atoms with Crippen LogP contribution in [0.4, 0.5) is 17.3 Å². The van der Waals surface area contributed by atoms with Gasteiger partial charge < -0.3 is 15.7 Å². The second-order valence-corrected chi connectivity index (χ2v) is 4.49. The van der Waals surface area contributed by atoms with E-state index in [1.54, 1.807) is 0 Å². The van der Waals surface area contributed by atoms with Gasteiger partial charge in [0, 0.05) is 4.47 Å². The number of hydrogen-bond donors (Lipinski definition) is 3. The second kappa shape index (κ2) is 6.14. The summed E-state index contributed by atoms with van der Waals surface area (Å²) >= 11 is 3.42. The lowest BCUT2D eigenvalue weighted by Crippen LogP contribution is -2.13. The normalized spacial score (nSPS) is 9.95. The van der Waals surface area contributed by atoms with Crippen LogP contribution in [0.25, 0.3) is 0 Å². The minimum Gasteiger partial charge on any atom is -0.480 e. The molecule has 0 aliphatic heterocycles. The van der Waals surface area contributed by atoms with Gasteiger partial charge >= 0.3 is 5.97 Å². The lowest BCUT2D eigenvalue weighted by molar-refractivity contribution is -0.134. The van der Waals surface area contributed by atoms with Gasteiger partial charge in [0.1, 0.15) is 18.2 Å². The second-order valence-electron chi connectivity index (χ2n) is 3.64. The molecule has 3 N–H and O–H groups in total. The molecular formula is C12H11BrN4O2. The Morgan fingerprint density at radius 3 is 2.53 bits per heavy atom. The highest BCUT2D eigenvalue weighted by atomic mass is 79.9. The summed E-state index contributed by atoms with van der Waals surface area (Å²) < 4.78 is 0.921. The van der Waals surface area contributed by atoms with Gasteiger partial charge in [-0.25, -0.2) is 9.97 Å². The third kappa shape index (κ3) is 3.92. The number of aromatic nitrogens is 2. The van der Waals surface area contributed by atoms with Gasteiger partial charge in [-0.1, -0.05) is 12.1 Å². The number of carboxylic acid groups (broad SMARTS) is 1. The van der Waals surface area contributed by atoms with Gasteiger partial charge in [-0.15, -0.1) is 0 Å². The number of para-hydroxylation sites is 1. The maximum atomic E-state index is 10.4. The first-order valence-electron chi connectivity index (χ1n) is 5.44. The number of halogens is 1. The SMILES string of the molecule is O=C(O)CNc1cnc(Nc2ccccc2Br)cn1. The van der Waals surface area contributed by atoms with Crippen LogP contribution in [0.3, 0.4) is 0 Å². The fraction of sp³-hybridized carbons (Fsp3) is 0.0833. The van der Waals surface area contributed by atoms with Gasteiger partial charge in [0.15, 0.2) is 0 Å². The van der Waals surface area contributed by atoms with E-state index < -0.39 is 5.97 Å². The molecule has 19 heavy (non-hydrogen) atoms. The molecule has 0 atom stereocenters. The molecule has 0 fully saturated rings. The molecule has 98 valence electrons. The van der Waals surface area contributed by atoms with Crippen LogP contribution in [0.15, 0.2) is 41.1 Å². The summed E-state index contributed by atoms with van der Waals surface area (Å²) in [6, 6.07) is 7.64. The Bertz CT molecular complexity index is 574. The van der Waals surface area contributed by atoms with E-state index >= 15 is 0 Å². The summed E-state index contributed by atoms with van der Waals surface area (Å²) in [4.78, 5) is 18.6. The third-order valence-electron chi connectivity index (χ3n) is 2.21. The number of nitrogens with one attached hydrogen (secondary N) is 2. The van der Waals surface area contributed by atoms with E-state index in [2.05, 4.69) is 36.5 Å². The smallest absolute Gasteiger partial charge is 0.322 e. The van der Waals surface area contributed by atoms with Crippen molar-refractivity contribution >= 4 is 39.2 Å². The molecule has 0 amide bonds. The summed E-state index contributed by atoms with van der Waals surface area (Å²) in [5.41, 5.74) is 0.878. The van der Waals surface area contributed by atoms with Gasteiger partial charge in [0.05, 0.1) is 18.1 Å². The zero-order chi connectivity index (χ0) is 13.7. The van der Waals surface area contributed by atoms with Crippen LogP contribution < -0.4 is 10.6 Å². The predicted molar refractivity (Wildman–Crippen MR) is 75.6 cm³/mol. The van der Waals surface area contributed by atoms with Crippen LogP contribution in [0.1, 0.15) is 0 Å². The number of carboxylic acids is 1. The summed E-state index contributed by atoms with van der Waals surface area (Å²) in [6.07, 6.45) is 3.01. The molecule has 0 aliphatic rings. The largest absolute Gasteiger partial charge is 0.480 e. The number of hydrogen-bond acceptors (Lipinski definition) is 5. The molecule has 0 radical (unpaired) electrons. The molecular weight excluding hydrogens is 312 g/mol. The van der Waals surface area contributed by atoms with Crippen molar-refractivity contribution in [2.24, 2.45) is 0 Å². The average Bonchev–Trinajstić information content (AvgIpc) is 2.40. The molecule has 0 aliphatic carbocycles. The summed E-state index contributed by atoms with van der Waals surface area (Å²) in [5, 5.41) is 14.3. The first-order chi connectivity index (χ1) is 9.15. The maximum absolute atomic E-state index is 10.4. The molecule has 6 nitrogen and oxygen atoms in total. The van der Waals surface area contributed by atoms with E-state index in [0.717, 1.165) is 10.2 Å². The Morgan fingerprint density at radius 2 is 1.89 bits per heavy atom. The van der Waals surface area contributed by atoms with E-state index in [1.165, 1.54) is 12.4 Å². The summed E-state index contributed by atoms with van der Waals surface area (Å²) in [5.74, 6) is 0.0464. The number of aliphatic carboxylic acids is 1. The fourth-order valence-corrected chi connectivity index (χ4v) is 1.73. The van der Waals surface area contributed by atoms with Crippen molar-refractivity contribution in [3.63, 3.8) is 0 Å². The maximum Gasteiger partial charge on any atom is 0.322 e. The van der Waals surface area contributed by atoms with Gasteiger partial charge in [-0.3, -0.25) is 4.79 Å². The van der Waals surface area contributed by atoms with Gasteiger partial charge in [-0.2, -0.15) is 0 Å². The minimum absolute atomic E-state index is 0.189. The van der Waals surface area contributed by atoms with Crippen molar-refractivity contribution in [3.05, 3.63) is 41.1 Å². The van der Waals surface area contributed by atoms with Crippen LogP contribution in [0.2, 0.25) is 0 Å². The molecule has 1 aromatic heterocycles. The zero-order valence-corrected chi connectivity index (χ0v) is 11.4. The predicted octanol–water partition coefficient (Wildman–Crippen LogP) is 2.48. The number of benzene rings is 1. The van der Waals surface area contributed by atoms with Gasteiger partial charge in [0.25, 0.3) is 0 Å². The van der Waals surface area contributed by atoms with Crippen molar-refractivity contribution in [1.29, 1.82) is 0 Å². The number of rotatable bonds is 5. The molecule has 1 heterocycles. The number of nitrogens with zero attached hydrogens (tertiary/aromatic N) is 2. The Labute approximate surface area is 118 Å². The highest BCUT2D eigenvalue weighted by Gasteiger charge is 2.02. The van der Waals surface area contributed by atoms with Gasteiger partial charge in [-0.05, 0) is 28.1 Å². The molecule has 0 saturated carbocycles. The minimum atomic E-state index is -0.947. The molecule has 0 unspecified atom stereocenters. The van der Waals surface area contributed by atoms with E-state index in [4.69, 9.17) is 5.11 Å².